The number of carboxylic acids is 3. The molecule has 10 N–H and O–H groups in total. The number of aromatic hydroxyl groups is 1. The number of carboxylic acid groups (broad SMARTS) is 3. The average Bonchev–Trinajstić information content (AvgIpc) is 3.40. The molecule has 0 saturated carbocycles. The van der Waals surface area contributed by atoms with Crippen LogP contribution in [0.4, 0.5) is 0 Å². The van der Waals surface area contributed by atoms with Gasteiger partial charge in [-0.05, 0) is 42.2 Å². The van der Waals surface area contributed by atoms with Crippen LogP contribution in [0.15, 0.2) is 54.7 Å². The normalized spacial score (nSPS) is 13.6. The minimum Gasteiger partial charge on any atom is -0.508 e. The first-order chi connectivity index (χ1) is 21.3. The van der Waals surface area contributed by atoms with Crippen molar-refractivity contribution in [2.75, 3.05) is 0 Å². The molecule has 15 nitrogen and oxygen atoms in total. The van der Waals surface area contributed by atoms with Crippen LogP contribution in [0.2, 0.25) is 0 Å². The van der Waals surface area contributed by atoms with Crippen LogP contribution in [0.3, 0.4) is 0 Å². The van der Waals surface area contributed by atoms with Gasteiger partial charge in [-0.3, -0.25) is 24.0 Å². The van der Waals surface area contributed by atoms with Crippen LogP contribution in [-0.4, -0.2) is 85.2 Å². The van der Waals surface area contributed by atoms with E-state index in [1.54, 1.807) is 18.3 Å². The van der Waals surface area contributed by atoms with Crippen LogP contribution in [-0.2, 0) is 41.6 Å². The molecule has 15 heteroatoms. The van der Waals surface area contributed by atoms with E-state index in [2.05, 4.69) is 20.9 Å². The van der Waals surface area contributed by atoms with Crippen molar-refractivity contribution in [3.8, 4) is 5.75 Å². The maximum atomic E-state index is 13.7. The first-order valence-corrected chi connectivity index (χ1v) is 14.0. The molecule has 0 bridgehead atoms. The van der Waals surface area contributed by atoms with Crippen molar-refractivity contribution in [3.05, 3.63) is 65.9 Å². The van der Waals surface area contributed by atoms with Crippen molar-refractivity contribution in [1.82, 2.24) is 20.9 Å². The Bertz CT molecular complexity index is 1540. The molecule has 1 heterocycles. The molecule has 0 aliphatic heterocycles. The van der Waals surface area contributed by atoms with E-state index in [4.69, 9.17) is 15.9 Å². The number of rotatable bonds is 17. The van der Waals surface area contributed by atoms with E-state index in [0.29, 0.717) is 11.1 Å². The Hall–Kier alpha value is -5.44. The fourth-order valence-electron chi connectivity index (χ4n) is 4.57. The molecule has 3 amide bonds. The third-order valence-corrected chi connectivity index (χ3v) is 7.01. The fourth-order valence-corrected chi connectivity index (χ4v) is 4.57. The lowest BCUT2D eigenvalue weighted by Crippen LogP contribution is -2.58. The molecule has 3 aromatic rings. The largest absolute Gasteiger partial charge is 0.508 e. The zero-order valence-corrected chi connectivity index (χ0v) is 24.1. The number of fused-ring (bicyclic) bond motifs is 1. The first kappa shape index (κ1) is 34.1. The molecule has 240 valence electrons. The molecule has 0 spiro atoms. The number of H-pyrrole nitrogens is 1. The van der Waals surface area contributed by atoms with Gasteiger partial charge in [0, 0.05) is 42.8 Å². The second-order valence-electron chi connectivity index (χ2n) is 10.4. The number of aromatic nitrogens is 1. The quantitative estimate of drug-likeness (QED) is 0.0982. The average molecular weight is 626 g/mol. The Morgan fingerprint density at radius 1 is 0.711 bits per heavy atom. The number of hydrogen-bond acceptors (Lipinski definition) is 8. The number of aliphatic carboxylic acids is 3. The van der Waals surface area contributed by atoms with Crippen LogP contribution in [0.1, 0.15) is 36.8 Å². The summed E-state index contributed by atoms with van der Waals surface area (Å²) in [6.45, 7) is 0. The van der Waals surface area contributed by atoms with Gasteiger partial charge in [0.05, 0.1) is 6.04 Å². The second-order valence-corrected chi connectivity index (χ2v) is 10.4. The van der Waals surface area contributed by atoms with Crippen LogP contribution >= 0.6 is 0 Å². The molecule has 0 aliphatic rings. The lowest BCUT2D eigenvalue weighted by atomic mass is 10.0. The van der Waals surface area contributed by atoms with Crippen LogP contribution in [0.25, 0.3) is 10.9 Å². The monoisotopic (exact) mass is 625 g/mol. The third kappa shape index (κ3) is 10.4. The summed E-state index contributed by atoms with van der Waals surface area (Å²) in [6, 6.07) is 7.41. The lowest BCUT2D eigenvalue weighted by molar-refractivity contribution is -0.143. The molecule has 1 aromatic heterocycles. The predicted molar refractivity (Wildman–Crippen MR) is 159 cm³/mol. The van der Waals surface area contributed by atoms with Gasteiger partial charge in [-0.25, -0.2) is 4.79 Å². The SMILES string of the molecule is NC(CCC(=O)O)C(=O)NC(Cc1c[nH]c2ccccc12)C(=O)NC(Cc1ccc(O)cc1)C(=O)NC(CCC(=O)O)C(=O)O. The van der Waals surface area contributed by atoms with Crippen LogP contribution in [0.5, 0.6) is 5.75 Å². The molecule has 0 saturated heterocycles. The van der Waals surface area contributed by atoms with Gasteiger partial charge in [-0.15, -0.1) is 0 Å². The van der Waals surface area contributed by atoms with E-state index in [0.717, 1.165) is 10.9 Å². The van der Waals surface area contributed by atoms with Crippen molar-refractivity contribution in [3.63, 3.8) is 0 Å². The van der Waals surface area contributed by atoms with Crippen molar-refractivity contribution in [2.45, 2.75) is 62.7 Å². The zero-order valence-electron chi connectivity index (χ0n) is 24.1. The van der Waals surface area contributed by atoms with E-state index >= 15 is 0 Å². The van der Waals surface area contributed by atoms with E-state index in [-0.39, 0.29) is 31.4 Å². The van der Waals surface area contributed by atoms with Crippen molar-refractivity contribution >= 4 is 46.5 Å². The molecular weight excluding hydrogens is 590 g/mol. The van der Waals surface area contributed by atoms with Gasteiger partial charge in [0.25, 0.3) is 0 Å². The molecular formula is C30H35N5O10. The standard InChI is InChI=1S/C30H35N5O10/c31-20(9-11-25(37)38)27(41)34-24(14-17-15-32-21-4-2-1-3-19(17)21)29(43)35-23(13-16-5-7-18(36)8-6-16)28(42)33-22(30(44)45)10-12-26(39)40/h1-8,15,20,22-24,32,36H,9-14,31H2,(H,33,42)(H,34,41)(H,35,43)(H,37,38)(H,39,40)(H,44,45). The number of nitrogens with two attached hydrogens (primary N) is 1. The number of hydrogen-bond donors (Lipinski definition) is 9. The summed E-state index contributed by atoms with van der Waals surface area (Å²) in [7, 11) is 0. The van der Waals surface area contributed by atoms with Gasteiger partial charge in [0.2, 0.25) is 17.7 Å². The summed E-state index contributed by atoms with van der Waals surface area (Å²) in [5, 5.41) is 45.3. The minimum atomic E-state index is -1.57. The van der Waals surface area contributed by atoms with Crippen LogP contribution < -0.4 is 21.7 Å². The summed E-state index contributed by atoms with van der Waals surface area (Å²) in [5.41, 5.74) is 7.77. The summed E-state index contributed by atoms with van der Waals surface area (Å²) in [5.74, 6) is -6.49. The number of phenolic OH excluding ortho intramolecular Hbond substituents is 1. The highest BCUT2D eigenvalue weighted by molar-refractivity contribution is 5.95. The maximum absolute atomic E-state index is 13.7. The van der Waals surface area contributed by atoms with Gasteiger partial charge < -0.3 is 47.1 Å². The number of amides is 3. The summed E-state index contributed by atoms with van der Waals surface area (Å²) < 4.78 is 0. The first-order valence-electron chi connectivity index (χ1n) is 14.0. The number of carbonyl (C=O) groups excluding carboxylic acids is 3. The smallest absolute Gasteiger partial charge is 0.326 e. The highest BCUT2D eigenvalue weighted by Crippen LogP contribution is 2.20. The Labute approximate surface area is 256 Å². The molecule has 4 atom stereocenters. The minimum absolute atomic E-state index is 0.0517. The van der Waals surface area contributed by atoms with Gasteiger partial charge in [0.15, 0.2) is 0 Å². The fraction of sp³-hybridized carbons (Fsp3) is 0.333. The molecule has 0 aliphatic carbocycles. The topological polar surface area (TPSA) is 261 Å². The van der Waals surface area contributed by atoms with Gasteiger partial charge in [0.1, 0.15) is 23.9 Å². The third-order valence-electron chi connectivity index (χ3n) is 7.01. The van der Waals surface area contributed by atoms with Crippen molar-refractivity contribution in [1.29, 1.82) is 0 Å². The molecule has 45 heavy (non-hydrogen) atoms. The molecule has 0 fully saturated rings. The summed E-state index contributed by atoms with van der Waals surface area (Å²) >= 11 is 0. The Kier molecular flexibility index (Phi) is 12.0. The van der Waals surface area contributed by atoms with E-state index in [1.165, 1.54) is 24.3 Å². The maximum Gasteiger partial charge on any atom is 0.326 e. The Morgan fingerprint density at radius 2 is 1.27 bits per heavy atom. The summed E-state index contributed by atoms with van der Waals surface area (Å²) in [4.78, 5) is 76.8. The van der Waals surface area contributed by atoms with Gasteiger partial charge >= 0.3 is 17.9 Å². The number of aromatic amines is 1. The Morgan fingerprint density at radius 3 is 1.89 bits per heavy atom. The van der Waals surface area contributed by atoms with E-state index < -0.39 is 72.6 Å². The number of phenols is 1. The lowest BCUT2D eigenvalue weighted by Gasteiger charge is -2.25. The molecule has 3 rings (SSSR count). The number of benzene rings is 2. The second kappa shape index (κ2) is 15.9. The van der Waals surface area contributed by atoms with E-state index in [9.17, 15) is 39.0 Å². The highest BCUT2D eigenvalue weighted by Gasteiger charge is 2.31. The van der Waals surface area contributed by atoms with Gasteiger partial charge in [-0.1, -0.05) is 30.3 Å². The number of carbonyl (C=O) groups is 6. The van der Waals surface area contributed by atoms with Crippen molar-refractivity contribution in [2.24, 2.45) is 5.73 Å². The van der Waals surface area contributed by atoms with E-state index in [1.807, 2.05) is 12.1 Å². The molecule has 0 radical (unpaired) electrons. The number of nitrogens with one attached hydrogen (secondary N) is 4. The molecule has 4 unspecified atom stereocenters. The predicted octanol–water partition coefficient (Wildman–Crippen LogP) is 0.255. The summed E-state index contributed by atoms with van der Waals surface area (Å²) in [6.07, 6.45) is -0.0816. The van der Waals surface area contributed by atoms with Crippen LogP contribution in [0, 0.1) is 0 Å². The number of para-hydroxylation sites is 1. The van der Waals surface area contributed by atoms with Gasteiger partial charge in [-0.2, -0.15) is 0 Å². The molecule has 2 aromatic carbocycles. The Balaban J connectivity index is 1.89. The van der Waals surface area contributed by atoms with Crippen molar-refractivity contribution < 1.29 is 49.2 Å². The zero-order chi connectivity index (χ0) is 33.1. The highest BCUT2D eigenvalue weighted by atomic mass is 16.4.